The standard InChI is InChI=1S/C22H19Cl2F3N2O3S2/c1-29-8-7-16(12-29)32-19-10-15(5-6-18(19)22(25,26)27)28-34(30,31)21-17(11-20(24)33-21)13-3-2-4-14(23)9-13/h2-6,9-11,16,28H,7-8,12H2,1H3/t16-/m1/s1. The fourth-order valence-electron chi connectivity index (χ4n) is 3.69. The van der Waals surface area contributed by atoms with Crippen molar-refractivity contribution in [2.45, 2.75) is 22.9 Å². The SMILES string of the molecule is CN1CC[C@@H](Oc2cc(NS(=O)(=O)c3sc(Cl)cc3-c3cccc(Cl)c3)ccc2C(F)(F)F)C1. The summed E-state index contributed by atoms with van der Waals surface area (Å²) in [6.45, 7) is 1.17. The lowest BCUT2D eigenvalue weighted by Crippen LogP contribution is -2.23. The third-order valence-electron chi connectivity index (χ3n) is 5.23. The predicted molar refractivity (Wildman–Crippen MR) is 129 cm³/mol. The van der Waals surface area contributed by atoms with Crippen LogP contribution in [-0.2, 0) is 16.2 Å². The van der Waals surface area contributed by atoms with E-state index in [0.717, 1.165) is 29.5 Å². The Morgan fingerprint density at radius 2 is 1.91 bits per heavy atom. The number of likely N-dealkylation sites (N-methyl/N-ethyl adjacent to an activating group) is 1. The van der Waals surface area contributed by atoms with Crippen molar-refractivity contribution in [2.75, 3.05) is 24.9 Å². The number of hydrogen-bond donors (Lipinski definition) is 1. The van der Waals surface area contributed by atoms with Crippen molar-refractivity contribution in [2.24, 2.45) is 0 Å². The molecule has 0 aliphatic carbocycles. The summed E-state index contributed by atoms with van der Waals surface area (Å²) in [5.41, 5.74) is -0.153. The summed E-state index contributed by atoms with van der Waals surface area (Å²) in [5.74, 6) is -0.424. The zero-order valence-electron chi connectivity index (χ0n) is 17.7. The lowest BCUT2D eigenvalue weighted by atomic mass is 10.1. The van der Waals surface area contributed by atoms with Gasteiger partial charge in [0.2, 0.25) is 0 Å². The van der Waals surface area contributed by atoms with Crippen LogP contribution < -0.4 is 9.46 Å². The highest BCUT2D eigenvalue weighted by Gasteiger charge is 2.36. The molecule has 0 amide bonds. The number of thiophene rings is 1. The van der Waals surface area contributed by atoms with Crippen LogP contribution in [0.3, 0.4) is 0 Å². The molecule has 2 aromatic carbocycles. The second-order valence-electron chi connectivity index (χ2n) is 7.87. The van der Waals surface area contributed by atoms with Crippen LogP contribution >= 0.6 is 34.5 Å². The highest BCUT2D eigenvalue weighted by atomic mass is 35.5. The van der Waals surface area contributed by atoms with Gasteiger partial charge in [0.25, 0.3) is 10.0 Å². The maximum Gasteiger partial charge on any atom is 0.419 e. The molecule has 0 saturated carbocycles. The maximum atomic E-state index is 13.6. The number of halogens is 5. The Labute approximate surface area is 209 Å². The number of benzene rings is 2. The van der Waals surface area contributed by atoms with E-state index in [9.17, 15) is 21.6 Å². The van der Waals surface area contributed by atoms with Gasteiger partial charge in [-0.1, -0.05) is 35.3 Å². The van der Waals surface area contributed by atoms with Gasteiger partial charge in [-0.05, 0) is 49.4 Å². The van der Waals surface area contributed by atoms with E-state index in [4.69, 9.17) is 27.9 Å². The number of likely N-dealkylation sites (tertiary alicyclic amines) is 1. The molecule has 0 radical (unpaired) electrons. The monoisotopic (exact) mass is 550 g/mol. The highest BCUT2D eigenvalue weighted by molar-refractivity contribution is 7.94. The van der Waals surface area contributed by atoms with Crippen molar-refractivity contribution < 1.29 is 26.3 Å². The molecule has 1 saturated heterocycles. The Kier molecular flexibility index (Phi) is 7.08. The van der Waals surface area contributed by atoms with E-state index < -0.39 is 33.6 Å². The van der Waals surface area contributed by atoms with Gasteiger partial charge in [-0.3, -0.25) is 4.72 Å². The Morgan fingerprint density at radius 1 is 1.15 bits per heavy atom. The van der Waals surface area contributed by atoms with Crippen LogP contribution in [0.15, 0.2) is 52.7 Å². The Balaban J connectivity index is 1.68. The van der Waals surface area contributed by atoms with Crippen LogP contribution in [0.25, 0.3) is 11.1 Å². The minimum Gasteiger partial charge on any atom is -0.488 e. The molecule has 2 heterocycles. The molecular formula is C22H19Cl2F3N2O3S2. The second kappa shape index (κ2) is 9.58. The van der Waals surface area contributed by atoms with E-state index in [2.05, 4.69) is 4.72 Å². The van der Waals surface area contributed by atoms with Gasteiger partial charge in [0.05, 0.1) is 15.6 Å². The largest absolute Gasteiger partial charge is 0.488 e. The predicted octanol–water partition coefficient (Wildman–Crippen LogP) is 6.62. The van der Waals surface area contributed by atoms with E-state index in [0.29, 0.717) is 35.7 Å². The van der Waals surface area contributed by atoms with Crippen LogP contribution in [0.5, 0.6) is 5.75 Å². The van der Waals surface area contributed by atoms with Gasteiger partial charge in [0.1, 0.15) is 16.1 Å². The fraction of sp³-hybridized carbons (Fsp3) is 0.273. The van der Waals surface area contributed by atoms with Crippen molar-refractivity contribution >= 4 is 50.2 Å². The van der Waals surface area contributed by atoms with Crippen LogP contribution in [-0.4, -0.2) is 39.6 Å². The van der Waals surface area contributed by atoms with Crippen molar-refractivity contribution in [3.63, 3.8) is 0 Å². The molecule has 3 aromatic rings. The Morgan fingerprint density at radius 3 is 2.56 bits per heavy atom. The van der Waals surface area contributed by atoms with Crippen LogP contribution in [0.4, 0.5) is 18.9 Å². The topological polar surface area (TPSA) is 58.6 Å². The summed E-state index contributed by atoms with van der Waals surface area (Å²) >= 11 is 13.0. The summed E-state index contributed by atoms with van der Waals surface area (Å²) in [5, 5.41) is 0.415. The smallest absolute Gasteiger partial charge is 0.419 e. The van der Waals surface area contributed by atoms with Gasteiger partial charge in [-0.15, -0.1) is 11.3 Å². The number of nitrogens with zero attached hydrogens (tertiary/aromatic N) is 1. The first-order chi connectivity index (χ1) is 15.9. The van der Waals surface area contributed by atoms with Crippen molar-refractivity contribution in [3.05, 3.63) is 63.5 Å². The van der Waals surface area contributed by atoms with Gasteiger partial charge in [0.15, 0.2) is 0 Å². The fourth-order valence-corrected chi connectivity index (χ4v) is 6.83. The van der Waals surface area contributed by atoms with Gasteiger partial charge < -0.3 is 9.64 Å². The van der Waals surface area contributed by atoms with Crippen molar-refractivity contribution in [3.8, 4) is 16.9 Å². The lowest BCUT2D eigenvalue weighted by molar-refractivity contribution is -0.139. The molecule has 1 aromatic heterocycles. The molecule has 182 valence electrons. The average molecular weight is 551 g/mol. The van der Waals surface area contributed by atoms with Gasteiger partial charge in [-0.25, -0.2) is 8.42 Å². The van der Waals surface area contributed by atoms with Gasteiger partial charge in [-0.2, -0.15) is 13.2 Å². The van der Waals surface area contributed by atoms with Crippen LogP contribution in [0.1, 0.15) is 12.0 Å². The quantitative estimate of drug-likeness (QED) is 0.374. The minimum atomic E-state index is -4.65. The molecule has 0 unspecified atom stereocenters. The number of alkyl halides is 3. The van der Waals surface area contributed by atoms with Crippen molar-refractivity contribution in [1.82, 2.24) is 4.90 Å². The molecule has 0 bridgehead atoms. The first-order valence-corrected chi connectivity index (χ1v) is 13.1. The molecule has 1 fully saturated rings. The highest BCUT2D eigenvalue weighted by Crippen LogP contribution is 2.41. The summed E-state index contributed by atoms with van der Waals surface area (Å²) in [7, 11) is -2.34. The van der Waals surface area contributed by atoms with Gasteiger partial charge >= 0.3 is 6.18 Å². The van der Waals surface area contributed by atoms with E-state index in [-0.39, 0.29) is 14.2 Å². The molecule has 1 aliphatic rings. The molecule has 1 atom stereocenters. The first kappa shape index (κ1) is 25.1. The van der Waals surface area contributed by atoms with E-state index in [1.807, 2.05) is 11.9 Å². The number of hydrogen-bond acceptors (Lipinski definition) is 5. The zero-order chi connectivity index (χ0) is 24.7. The normalized spacial score (nSPS) is 17.2. The number of ether oxygens (including phenoxy) is 1. The third kappa shape index (κ3) is 5.63. The summed E-state index contributed by atoms with van der Waals surface area (Å²) in [6, 6.07) is 11.0. The molecule has 5 nitrogen and oxygen atoms in total. The first-order valence-electron chi connectivity index (χ1n) is 10.1. The van der Waals surface area contributed by atoms with E-state index in [1.54, 1.807) is 24.3 Å². The molecule has 1 aliphatic heterocycles. The van der Waals surface area contributed by atoms with Crippen LogP contribution in [0.2, 0.25) is 9.36 Å². The maximum absolute atomic E-state index is 13.6. The van der Waals surface area contributed by atoms with Crippen molar-refractivity contribution in [1.29, 1.82) is 0 Å². The second-order valence-corrected chi connectivity index (χ2v) is 11.9. The number of nitrogens with one attached hydrogen (secondary N) is 1. The average Bonchev–Trinajstić information content (AvgIpc) is 3.33. The lowest BCUT2D eigenvalue weighted by Gasteiger charge is -2.19. The Bertz CT molecular complexity index is 1310. The molecular weight excluding hydrogens is 532 g/mol. The summed E-state index contributed by atoms with van der Waals surface area (Å²) in [6.07, 6.45) is -4.51. The van der Waals surface area contributed by atoms with E-state index in [1.165, 1.54) is 6.07 Å². The minimum absolute atomic E-state index is 0.0593. The van der Waals surface area contributed by atoms with E-state index >= 15 is 0 Å². The summed E-state index contributed by atoms with van der Waals surface area (Å²) in [4.78, 5) is 1.95. The zero-order valence-corrected chi connectivity index (χ0v) is 20.8. The molecule has 1 N–H and O–H groups in total. The Hall–Kier alpha value is -1.98. The number of anilines is 1. The number of rotatable bonds is 6. The molecule has 0 spiro atoms. The number of sulfonamides is 1. The van der Waals surface area contributed by atoms with Crippen LogP contribution in [0, 0.1) is 0 Å². The third-order valence-corrected chi connectivity index (χ3v) is 8.64. The molecule has 4 rings (SSSR count). The molecule has 34 heavy (non-hydrogen) atoms. The molecule has 12 heteroatoms. The van der Waals surface area contributed by atoms with Gasteiger partial charge in [0, 0.05) is 29.7 Å². The summed E-state index contributed by atoms with van der Waals surface area (Å²) < 4.78 is 75.2.